The average molecular weight is 281 g/mol. The van der Waals surface area contributed by atoms with Gasteiger partial charge >= 0.3 is 0 Å². The largest absolute Gasteiger partial charge is 0.324 e. The van der Waals surface area contributed by atoms with E-state index in [4.69, 9.17) is 0 Å². The van der Waals surface area contributed by atoms with E-state index in [9.17, 15) is 4.79 Å². The Morgan fingerprint density at radius 3 is 2.70 bits per heavy atom. The smallest absolute Gasteiger partial charge is 0.241 e. The van der Waals surface area contributed by atoms with Gasteiger partial charge in [0.05, 0.1) is 12.2 Å². The summed E-state index contributed by atoms with van der Waals surface area (Å²) in [4.78, 5) is 17.2. The number of piperidine rings is 1. The lowest BCUT2D eigenvalue weighted by atomic mass is 9.99. The molecule has 0 aromatic carbocycles. The SMILES string of the molecule is CCC(C)C1NC(CC)N(CC2CCCCN2C)C1=O. The molecule has 0 radical (unpaired) electrons. The van der Waals surface area contributed by atoms with E-state index in [-0.39, 0.29) is 12.2 Å². The third-order valence-corrected chi connectivity index (χ3v) is 5.23. The van der Waals surface area contributed by atoms with Crippen LogP contribution in [0.4, 0.5) is 0 Å². The summed E-state index contributed by atoms with van der Waals surface area (Å²) < 4.78 is 0. The maximum atomic E-state index is 12.7. The molecule has 2 heterocycles. The first-order valence-electron chi connectivity index (χ1n) is 8.35. The number of carbonyl (C=O) groups is 1. The fraction of sp³-hybridized carbons (Fsp3) is 0.938. The second-order valence-electron chi connectivity index (χ2n) is 6.57. The van der Waals surface area contributed by atoms with Gasteiger partial charge in [-0.25, -0.2) is 0 Å². The summed E-state index contributed by atoms with van der Waals surface area (Å²) in [7, 11) is 2.20. The molecule has 2 saturated heterocycles. The maximum absolute atomic E-state index is 12.7. The minimum absolute atomic E-state index is 0.0267. The molecule has 2 fully saturated rings. The molecule has 0 aromatic rings. The normalized spacial score (nSPS) is 33.7. The Labute approximate surface area is 123 Å². The molecule has 0 spiro atoms. The molecule has 1 amide bonds. The van der Waals surface area contributed by atoms with Gasteiger partial charge in [-0.1, -0.05) is 33.6 Å². The van der Waals surface area contributed by atoms with E-state index >= 15 is 0 Å². The van der Waals surface area contributed by atoms with Crippen molar-refractivity contribution in [2.75, 3.05) is 20.1 Å². The molecule has 0 saturated carbocycles. The van der Waals surface area contributed by atoms with Crippen molar-refractivity contribution in [2.24, 2.45) is 5.92 Å². The lowest BCUT2D eigenvalue weighted by Gasteiger charge is -2.36. The topological polar surface area (TPSA) is 35.6 Å². The molecule has 0 aliphatic carbocycles. The van der Waals surface area contributed by atoms with Crippen molar-refractivity contribution in [3.05, 3.63) is 0 Å². The zero-order valence-corrected chi connectivity index (χ0v) is 13.6. The van der Waals surface area contributed by atoms with Crippen LogP contribution in [-0.4, -0.2) is 54.1 Å². The highest BCUT2D eigenvalue weighted by atomic mass is 16.2. The van der Waals surface area contributed by atoms with Gasteiger partial charge in [0.15, 0.2) is 0 Å². The highest BCUT2D eigenvalue weighted by Crippen LogP contribution is 2.24. The van der Waals surface area contributed by atoms with Crippen molar-refractivity contribution in [1.82, 2.24) is 15.1 Å². The quantitative estimate of drug-likeness (QED) is 0.838. The van der Waals surface area contributed by atoms with E-state index in [0.29, 0.717) is 17.9 Å². The third kappa shape index (κ3) is 3.17. The molecular formula is C16H31N3O. The monoisotopic (exact) mass is 281 g/mol. The van der Waals surface area contributed by atoms with Gasteiger partial charge in [-0.3, -0.25) is 10.1 Å². The zero-order valence-electron chi connectivity index (χ0n) is 13.6. The van der Waals surface area contributed by atoms with Gasteiger partial charge in [0, 0.05) is 12.6 Å². The lowest BCUT2D eigenvalue weighted by Crippen LogP contribution is -2.48. The Morgan fingerprint density at radius 2 is 2.10 bits per heavy atom. The number of hydrogen-bond donors (Lipinski definition) is 1. The van der Waals surface area contributed by atoms with Crippen LogP contribution in [0, 0.1) is 5.92 Å². The number of likely N-dealkylation sites (N-methyl/N-ethyl adjacent to an activating group) is 1. The Balaban J connectivity index is 2.03. The third-order valence-electron chi connectivity index (χ3n) is 5.23. The molecule has 20 heavy (non-hydrogen) atoms. The van der Waals surface area contributed by atoms with Crippen molar-refractivity contribution in [1.29, 1.82) is 0 Å². The number of rotatable bonds is 5. The predicted octanol–water partition coefficient (Wildman–Crippen LogP) is 2.05. The van der Waals surface area contributed by atoms with E-state index in [1.165, 1.54) is 25.8 Å². The second kappa shape index (κ2) is 6.90. The van der Waals surface area contributed by atoms with Gasteiger partial charge in [-0.15, -0.1) is 0 Å². The molecular weight excluding hydrogens is 250 g/mol. The first-order chi connectivity index (χ1) is 9.58. The van der Waals surface area contributed by atoms with Gasteiger partial charge < -0.3 is 9.80 Å². The summed E-state index contributed by atoms with van der Waals surface area (Å²) in [5, 5.41) is 3.55. The van der Waals surface area contributed by atoms with Gasteiger partial charge in [-0.05, 0) is 38.8 Å². The van der Waals surface area contributed by atoms with Crippen LogP contribution in [0.5, 0.6) is 0 Å². The van der Waals surface area contributed by atoms with Crippen LogP contribution in [0.25, 0.3) is 0 Å². The highest BCUT2D eigenvalue weighted by molar-refractivity contribution is 5.84. The van der Waals surface area contributed by atoms with Crippen LogP contribution < -0.4 is 5.32 Å². The molecule has 2 rings (SSSR count). The number of hydrogen-bond acceptors (Lipinski definition) is 3. The summed E-state index contributed by atoms with van der Waals surface area (Å²) in [6, 6.07) is 0.568. The van der Waals surface area contributed by atoms with E-state index in [0.717, 1.165) is 19.4 Å². The Hall–Kier alpha value is -0.610. The molecule has 4 heteroatoms. The first-order valence-corrected chi connectivity index (χ1v) is 8.35. The Kier molecular flexibility index (Phi) is 5.44. The fourth-order valence-electron chi connectivity index (χ4n) is 3.50. The van der Waals surface area contributed by atoms with E-state index in [1.807, 2.05) is 0 Å². The molecule has 2 aliphatic rings. The summed E-state index contributed by atoms with van der Waals surface area (Å²) >= 11 is 0. The van der Waals surface area contributed by atoms with Crippen LogP contribution >= 0.6 is 0 Å². The van der Waals surface area contributed by atoms with Gasteiger partial charge in [0.1, 0.15) is 0 Å². The molecule has 2 aliphatic heterocycles. The van der Waals surface area contributed by atoms with Gasteiger partial charge in [0.2, 0.25) is 5.91 Å². The van der Waals surface area contributed by atoms with Crippen molar-refractivity contribution in [3.8, 4) is 0 Å². The number of nitrogens with zero attached hydrogens (tertiary/aromatic N) is 2. The lowest BCUT2D eigenvalue weighted by molar-refractivity contribution is -0.131. The molecule has 4 nitrogen and oxygen atoms in total. The standard InChI is InChI=1S/C16H31N3O/c1-5-12(3)15-16(20)19(14(6-2)17-15)11-13-9-7-8-10-18(13)4/h12-15,17H,5-11H2,1-4H3. The molecule has 0 aromatic heterocycles. The number of amides is 1. The van der Waals surface area contributed by atoms with Crippen LogP contribution in [0.1, 0.15) is 52.9 Å². The molecule has 0 bridgehead atoms. The fourth-order valence-corrected chi connectivity index (χ4v) is 3.50. The predicted molar refractivity (Wildman–Crippen MR) is 82.4 cm³/mol. The molecule has 1 N–H and O–H groups in total. The molecule has 4 unspecified atom stereocenters. The van der Waals surface area contributed by atoms with E-state index < -0.39 is 0 Å². The van der Waals surface area contributed by atoms with E-state index in [2.05, 4.69) is 42.9 Å². The number of carbonyl (C=O) groups excluding carboxylic acids is 1. The Morgan fingerprint density at radius 1 is 1.35 bits per heavy atom. The minimum Gasteiger partial charge on any atom is -0.324 e. The van der Waals surface area contributed by atoms with Crippen LogP contribution in [0.2, 0.25) is 0 Å². The summed E-state index contributed by atoms with van der Waals surface area (Å²) in [6.07, 6.45) is 6.11. The maximum Gasteiger partial charge on any atom is 0.241 e. The molecule has 116 valence electrons. The van der Waals surface area contributed by atoms with Crippen molar-refractivity contribution in [3.63, 3.8) is 0 Å². The average Bonchev–Trinajstić information content (AvgIpc) is 2.77. The van der Waals surface area contributed by atoms with Crippen LogP contribution in [-0.2, 0) is 4.79 Å². The second-order valence-corrected chi connectivity index (χ2v) is 6.57. The number of nitrogens with one attached hydrogen (secondary N) is 1. The Bertz CT molecular complexity index is 334. The number of likely N-dealkylation sites (tertiary alicyclic amines) is 1. The summed E-state index contributed by atoms with van der Waals surface area (Å²) in [6.45, 7) is 8.58. The first kappa shape index (κ1) is 15.8. The summed E-state index contributed by atoms with van der Waals surface area (Å²) in [5.41, 5.74) is 0. The van der Waals surface area contributed by atoms with Crippen molar-refractivity contribution >= 4 is 5.91 Å². The van der Waals surface area contributed by atoms with Crippen molar-refractivity contribution < 1.29 is 4.79 Å². The van der Waals surface area contributed by atoms with Crippen LogP contribution in [0.15, 0.2) is 0 Å². The van der Waals surface area contributed by atoms with Crippen molar-refractivity contribution in [2.45, 2.75) is 71.1 Å². The highest BCUT2D eigenvalue weighted by Gasteiger charge is 2.41. The molecule has 4 atom stereocenters. The summed E-state index contributed by atoms with van der Waals surface area (Å²) in [5.74, 6) is 0.746. The minimum atomic E-state index is 0.0267. The van der Waals surface area contributed by atoms with Crippen LogP contribution in [0.3, 0.4) is 0 Å². The van der Waals surface area contributed by atoms with E-state index in [1.54, 1.807) is 0 Å². The zero-order chi connectivity index (χ0) is 14.7. The van der Waals surface area contributed by atoms with Gasteiger partial charge in [-0.2, -0.15) is 0 Å². The van der Waals surface area contributed by atoms with Gasteiger partial charge in [0.25, 0.3) is 0 Å².